The summed E-state index contributed by atoms with van der Waals surface area (Å²) in [5.74, 6) is 0.461. The highest BCUT2D eigenvalue weighted by Gasteiger charge is 2.20. The van der Waals surface area contributed by atoms with E-state index in [1.807, 2.05) is 0 Å². The molecule has 0 amide bonds. The summed E-state index contributed by atoms with van der Waals surface area (Å²) in [5.41, 5.74) is 0.331. The molecule has 0 fully saturated rings. The van der Waals surface area contributed by atoms with Crippen molar-refractivity contribution in [1.82, 2.24) is 0 Å². The molecule has 19 heavy (non-hydrogen) atoms. The Labute approximate surface area is 116 Å². The van der Waals surface area contributed by atoms with Gasteiger partial charge in [0.25, 0.3) is 0 Å². The van der Waals surface area contributed by atoms with Crippen molar-refractivity contribution in [2.75, 3.05) is 26.9 Å². The molecule has 1 aliphatic heterocycles. The molecular formula is C13H15ClO5. The fourth-order valence-electron chi connectivity index (χ4n) is 1.75. The molecule has 0 aromatic heterocycles. The van der Waals surface area contributed by atoms with Crippen LogP contribution in [0.2, 0.25) is 5.02 Å². The highest BCUT2D eigenvalue weighted by atomic mass is 35.5. The van der Waals surface area contributed by atoms with Crippen molar-refractivity contribution in [3.8, 4) is 11.5 Å². The Hall–Kier alpha value is -1.46. The van der Waals surface area contributed by atoms with E-state index in [4.69, 9.17) is 30.5 Å². The van der Waals surface area contributed by atoms with Crippen LogP contribution >= 0.6 is 11.6 Å². The predicted molar refractivity (Wildman–Crippen MR) is 69.2 cm³/mol. The van der Waals surface area contributed by atoms with Crippen LogP contribution in [0.25, 0.3) is 0 Å². The molecule has 0 N–H and O–H groups in total. The number of carbonyl (C=O) groups is 1. The van der Waals surface area contributed by atoms with E-state index >= 15 is 0 Å². The number of hydrogen-bond donors (Lipinski definition) is 0. The largest absolute Gasteiger partial charge is 0.486 e. The maximum Gasteiger partial charge on any atom is 0.338 e. The Bertz CT molecular complexity index is 474. The van der Waals surface area contributed by atoms with Gasteiger partial charge in [-0.2, -0.15) is 0 Å². The highest BCUT2D eigenvalue weighted by molar-refractivity contribution is 6.32. The minimum Gasteiger partial charge on any atom is -0.486 e. The van der Waals surface area contributed by atoms with Gasteiger partial charge in [-0.15, -0.1) is 0 Å². The third-order valence-corrected chi connectivity index (χ3v) is 2.82. The van der Waals surface area contributed by atoms with E-state index in [1.54, 1.807) is 20.1 Å². The quantitative estimate of drug-likeness (QED) is 0.795. The Morgan fingerprint density at radius 2 is 2.16 bits per heavy atom. The monoisotopic (exact) mass is 286 g/mol. The molecule has 0 bridgehead atoms. The number of esters is 1. The molecule has 6 heteroatoms. The zero-order valence-corrected chi connectivity index (χ0v) is 11.5. The first-order valence-electron chi connectivity index (χ1n) is 5.91. The van der Waals surface area contributed by atoms with Crippen LogP contribution in [0.3, 0.4) is 0 Å². The second-order valence-electron chi connectivity index (χ2n) is 4.15. The van der Waals surface area contributed by atoms with Gasteiger partial charge < -0.3 is 18.9 Å². The lowest BCUT2D eigenvalue weighted by atomic mass is 10.2. The molecule has 5 nitrogen and oxygen atoms in total. The SMILES string of the molecule is COC[C@H](C)OC(=O)c1cc(Cl)c2c(c1)OCCO2. The lowest BCUT2D eigenvalue weighted by Gasteiger charge is -2.20. The molecule has 104 valence electrons. The van der Waals surface area contributed by atoms with Crippen LogP contribution in [0.4, 0.5) is 0 Å². The van der Waals surface area contributed by atoms with E-state index < -0.39 is 5.97 Å². The minimum absolute atomic E-state index is 0.329. The summed E-state index contributed by atoms with van der Waals surface area (Å²) in [6, 6.07) is 3.08. The molecule has 1 heterocycles. The van der Waals surface area contributed by atoms with Crippen molar-refractivity contribution in [2.24, 2.45) is 0 Å². The molecule has 0 saturated heterocycles. The summed E-state index contributed by atoms with van der Waals surface area (Å²) in [6.45, 7) is 2.97. The average molecular weight is 287 g/mol. The summed E-state index contributed by atoms with van der Waals surface area (Å²) in [5, 5.41) is 0.337. The summed E-state index contributed by atoms with van der Waals surface area (Å²) in [6.07, 6.45) is -0.329. The van der Waals surface area contributed by atoms with Gasteiger partial charge in [0.2, 0.25) is 0 Å². The van der Waals surface area contributed by atoms with Crippen molar-refractivity contribution in [3.05, 3.63) is 22.7 Å². The normalized spacial score (nSPS) is 14.9. The molecular weight excluding hydrogens is 272 g/mol. The number of carbonyl (C=O) groups excluding carboxylic acids is 1. The van der Waals surface area contributed by atoms with Crippen LogP contribution in [-0.2, 0) is 9.47 Å². The van der Waals surface area contributed by atoms with Crippen molar-refractivity contribution in [2.45, 2.75) is 13.0 Å². The standard InChI is InChI=1S/C13H15ClO5/c1-8(7-16-2)19-13(15)9-5-10(14)12-11(6-9)17-3-4-18-12/h5-6,8H,3-4,7H2,1-2H3/t8-/m0/s1. The van der Waals surface area contributed by atoms with Crippen LogP contribution in [-0.4, -0.2) is 39.0 Å². The first-order chi connectivity index (χ1) is 9.11. The van der Waals surface area contributed by atoms with Crippen molar-refractivity contribution < 1.29 is 23.7 Å². The topological polar surface area (TPSA) is 54.0 Å². The van der Waals surface area contributed by atoms with E-state index in [0.717, 1.165) is 0 Å². The van der Waals surface area contributed by atoms with Crippen LogP contribution in [0.5, 0.6) is 11.5 Å². The first-order valence-corrected chi connectivity index (χ1v) is 6.28. The van der Waals surface area contributed by atoms with Crippen molar-refractivity contribution in [3.63, 3.8) is 0 Å². The van der Waals surface area contributed by atoms with E-state index in [1.165, 1.54) is 6.07 Å². The van der Waals surface area contributed by atoms with Gasteiger partial charge in [-0.05, 0) is 19.1 Å². The van der Waals surface area contributed by atoms with Gasteiger partial charge in [-0.3, -0.25) is 0 Å². The number of ether oxygens (including phenoxy) is 4. The smallest absolute Gasteiger partial charge is 0.338 e. The molecule has 2 rings (SSSR count). The van der Waals surface area contributed by atoms with Gasteiger partial charge in [0.05, 0.1) is 17.2 Å². The zero-order valence-electron chi connectivity index (χ0n) is 10.8. The third kappa shape index (κ3) is 3.30. The second kappa shape index (κ2) is 6.12. The Morgan fingerprint density at radius 3 is 2.89 bits per heavy atom. The number of rotatable bonds is 4. The Balaban J connectivity index is 2.16. The van der Waals surface area contributed by atoms with E-state index in [-0.39, 0.29) is 6.10 Å². The van der Waals surface area contributed by atoms with E-state index in [0.29, 0.717) is 41.9 Å². The summed E-state index contributed by atoms with van der Waals surface area (Å²) in [7, 11) is 1.55. The number of hydrogen-bond acceptors (Lipinski definition) is 5. The van der Waals surface area contributed by atoms with Gasteiger partial charge in [0.15, 0.2) is 11.5 Å². The van der Waals surface area contributed by atoms with Crippen molar-refractivity contribution >= 4 is 17.6 Å². The number of fused-ring (bicyclic) bond motifs is 1. The Kier molecular flexibility index (Phi) is 4.50. The molecule has 1 atom stereocenters. The number of methoxy groups -OCH3 is 1. The molecule has 0 aliphatic carbocycles. The molecule has 0 spiro atoms. The summed E-state index contributed by atoms with van der Waals surface area (Å²) < 4.78 is 20.9. The van der Waals surface area contributed by atoms with E-state index in [9.17, 15) is 4.79 Å². The molecule has 1 aromatic rings. The Morgan fingerprint density at radius 1 is 1.42 bits per heavy atom. The minimum atomic E-state index is -0.469. The highest BCUT2D eigenvalue weighted by Crippen LogP contribution is 2.38. The maximum absolute atomic E-state index is 11.9. The predicted octanol–water partition coefficient (Wildman–Crippen LogP) is 2.30. The van der Waals surface area contributed by atoms with Gasteiger partial charge in [0, 0.05) is 7.11 Å². The molecule has 1 aromatic carbocycles. The van der Waals surface area contributed by atoms with Crippen LogP contribution in [0.15, 0.2) is 12.1 Å². The number of benzene rings is 1. The van der Waals surface area contributed by atoms with Gasteiger partial charge in [-0.1, -0.05) is 11.6 Å². The first kappa shape index (κ1) is 14.0. The van der Waals surface area contributed by atoms with Crippen LogP contribution in [0, 0.1) is 0 Å². The molecule has 0 unspecified atom stereocenters. The average Bonchev–Trinajstić information content (AvgIpc) is 2.39. The molecule has 0 saturated carbocycles. The fourth-order valence-corrected chi connectivity index (χ4v) is 2.01. The summed E-state index contributed by atoms with van der Waals surface area (Å²) in [4.78, 5) is 11.9. The molecule has 1 aliphatic rings. The van der Waals surface area contributed by atoms with Crippen LogP contribution in [0.1, 0.15) is 17.3 Å². The van der Waals surface area contributed by atoms with Crippen LogP contribution < -0.4 is 9.47 Å². The van der Waals surface area contributed by atoms with Crippen molar-refractivity contribution in [1.29, 1.82) is 0 Å². The lowest BCUT2D eigenvalue weighted by molar-refractivity contribution is 0.0119. The zero-order chi connectivity index (χ0) is 13.8. The second-order valence-corrected chi connectivity index (χ2v) is 4.56. The van der Waals surface area contributed by atoms with Gasteiger partial charge in [0.1, 0.15) is 19.3 Å². The van der Waals surface area contributed by atoms with Gasteiger partial charge >= 0.3 is 5.97 Å². The molecule has 0 radical (unpaired) electrons. The van der Waals surface area contributed by atoms with E-state index in [2.05, 4.69) is 0 Å². The summed E-state index contributed by atoms with van der Waals surface area (Å²) >= 11 is 6.05. The van der Waals surface area contributed by atoms with Gasteiger partial charge in [-0.25, -0.2) is 4.79 Å². The number of halogens is 1. The third-order valence-electron chi connectivity index (χ3n) is 2.54. The fraction of sp³-hybridized carbons (Fsp3) is 0.462. The maximum atomic E-state index is 11.9. The lowest BCUT2D eigenvalue weighted by Crippen LogP contribution is -2.20.